The zero-order valence-electron chi connectivity index (χ0n) is 12.8. The highest BCUT2D eigenvalue weighted by molar-refractivity contribution is 9.10. The molecule has 1 aromatic rings. The van der Waals surface area contributed by atoms with Crippen molar-refractivity contribution in [2.24, 2.45) is 17.1 Å². The van der Waals surface area contributed by atoms with Crippen molar-refractivity contribution in [2.75, 3.05) is 0 Å². The van der Waals surface area contributed by atoms with E-state index in [4.69, 9.17) is 5.73 Å². The molecule has 0 saturated heterocycles. The van der Waals surface area contributed by atoms with Crippen LogP contribution in [0.3, 0.4) is 0 Å². The van der Waals surface area contributed by atoms with Crippen LogP contribution < -0.4 is 5.73 Å². The van der Waals surface area contributed by atoms with Crippen molar-refractivity contribution in [2.45, 2.75) is 56.2 Å². The summed E-state index contributed by atoms with van der Waals surface area (Å²) in [4.78, 5) is 0.376. The molecule has 2 rings (SSSR count). The number of sulfone groups is 1. The summed E-state index contributed by atoms with van der Waals surface area (Å²) in [7, 11) is -3.37. The van der Waals surface area contributed by atoms with Gasteiger partial charge in [-0.2, -0.15) is 0 Å². The number of nitrogens with two attached hydrogens (primary N) is 1. The smallest absolute Gasteiger partial charge is 0.182 e. The Labute approximate surface area is 136 Å². The van der Waals surface area contributed by atoms with Gasteiger partial charge in [-0.05, 0) is 54.9 Å². The van der Waals surface area contributed by atoms with E-state index < -0.39 is 15.1 Å². The first-order valence-corrected chi connectivity index (χ1v) is 9.71. The summed E-state index contributed by atoms with van der Waals surface area (Å²) in [6.07, 6.45) is 2.45. The van der Waals surface area contributed by atoms with Gasteiger partial charge in [-0.1, -0.05) is 36.7 Å². The van der Waals surface area contributed by atoms with Crippen molar-refractivity contribution in [3.8, 4) is 0 Å². The van der Waals surface area contributed by atoms with Crippen LogP contribution in [-0.2, 0) is 9.84 Å². The monoisotopic (exact) mass is 373 g/mol. The van der Waals surface area contributed by atoms with Crippen molar-refractivity contribution in [3.05, 3.63) is 28.7 Å². The van der Waals surface area contributed by atoms with Gasteiger partial charge in [-0.15, -0.1) is 0 Å². The summed E-state index contributed by atoms with van der Waals surface area (Å²) in [5.74, 6) is 0.396. The van der Waals surface area contributed by atoms with Gasteiger partial charge < -0.3 is 5.73 Å². The van der Waals surface area contributed by atoms with E-state index in [2.05, 4.69) is 36.7 Å². The zero-order chi connectivity index (χ0) is 15.8. The summed E-state index contributed by atoms with van der Waals surface area (Å²) in [6.45, 7) is 6.54. The second-order valence-corrected chi connectivity index (χ2v) is 10.2. The van der Waals surface area contributed by atoms with E-state index in [9.17, 15) is 8.42 Å². The molecule has 5 heteroatoms. The van der Waals surface area contributed by atoms with Crippen LogP contribution in [0.1, 0.15) is 40.0 Å². The molecule has 0 spiro atoms. The molecule has 1 aliphatic rings. The van der Waals surface area contributed by atoms with Crippen molar-refractivity contribution in [3.63, 3.8) is 0 Å². The van der Waals surface area contributed by atoms with Gasteiger partial charge in [0.1, 0.15) is 0 Å². The van der Waals surface area contributed by atoms with Crippen LogP contribution in [-0.4, -0.2) is 19.7 Å². The minimum absolute atomic E-state index is 0.119. The molecule has 118 valence electrons. The molecule has 1 aromatic carbocycles. The predicted octanol–water partition coefficient (Wildman–Crippen LogP) is 3.76. The molecule has 1 aliphatic carbocycles. The molecule has 0 bridgehead atoms. The maximum Gasteiger partial charge on any atom is 0.182 e. The third kappa shape index (κ3) is 3.69. The molecule has 0 radical (unpaired) electrons. The van der Waals surface area contributed by atoms with Crippen molar-refractivity contribution in [1.29, 1.82) is 0 Å². The fraction of sp³-hybridized carbons (Fsp3) is 0.625. The van der Waals surface area contributed by atoms with Crippen LogP contribution in [0.4, 0.5) is 0 Å². The highest BCUT2D eigenvalue weighted by Crippen LogP contribution is 2.40. The van der Waals surface area contributed by atoms with Gasteiger partial charge in [0.15, 0.2) is 9.84 Å². The van der Waals surface area contributed by atoms with Crippen LogP contribution >= 0.6 is 15.9 Å². The molecule has 2 N–H and O–H groups in total. The van der Waals surface area contributed by atoms with Crippen LogP contribution in [0.5, 0.6) is 0 Å². The molecule has 1 fully saturated rings. The van der Waals surface area contributed by atoms with Crippen molar-refractivity contribution >= 4 is 25.8 Å². The lowest BCUT2D eigenvalue weighted by Gasteiger charge is -2.40. The van der Waals surface area contributed by atoms with Crippen molar-refractivity contribution in [1.82, 2.24) is 0 Å². The maximum atomic E-state index is 12.9. The number of hydrogen-bond donors (Lipinski definition) is 1. The Balaban J connectivity index is 2.31. The standard InChI is InChI=1S/C16H24BrNO2S/c1-16(2,3)11-4-9-14(18)15(10-11)21(19,20)13-7-5-12(17)6-8-13/h5-8,11,14-15H,4,9-10,18H2,1-3H3. The predicted molar refractivity (Wildman–Crippen MR) is 89.9 cm³/mol. The van der Waals surface area contributed by atoms with Gasteiger partial charge in [0.25, 0.3) is 0 Å². The van der Waals surface area contributed by atoms with Crippen LogP contribution in [0, 0.1) is 11.3 Å². The largest absolute Gasteiger partial charge is 0.327 e. The molecule has 0 aromatic heterocycles. The third-order valence-corrected chi connectivity index (χ3v) is 7.41. The molecule has 3 atom stereocenters. The van der Waals surface area contributed by atoms with E-state index in [1.165, 1.54) is 0 Å². The van der Waals surface area contributed by atoms with Crippen LogP contribution in [0.25, 0.3) is 0 Å². The van der Waals surface area contributed by atoms with Gasteiger partial charge in [-0.3, -0.25) is 0 Å². The van der Waals surface area contributed by atoms with E-state index in [0.29, 0.717) is 17.2 Å². The molecular weight excluding hydrogens is 350 g/mol. The Kier molecular flexibility index (Phi) is 4.86. The van der Waals surface area contributed by atoms with Crippen LogP contribution in [0.15, 0.2) is 33.6 Å². The minimum atomic E-state index is -3.37. The zero-order valence-corrected chi connectivity index (χ0v) is 15.2. The van der Waals surface area contributed by atoms with Gasteiger partial charge in [0, 0.05) is 10.5 Å². The molecule has 0 aliphatic heterocycles. The second kappa shape index (κ2) is 6.01. The average molecular weight is 374 g/mol. The number of hydrogen-bond acceptors (Lipinski definition) is 3. The van der Waals surface area contributed by atoms with E-state index in [1.54, 1.807) is 24.3 Å². The minimum Gasteiger partial charge on any atom is -0.327 e. The van der Waals surface area contributed by atoms with Gasteiger partial charge >= 0.3 is 0 Å². The van der Waals surface area contributed by atoms with E-state index >= 15 is 0 Å². The lowest BCUT2D eigenvalue weighted by molar-refractivity contribution is 0.171. The summed E-state index contributed by atoms with van der Waals surface area (Å²) in [5.41, 5.74) is 6.27. The Morgan fingerprint density at radius 1 is 1.14 bits per heavy atom. The maximum absolute atomic E-state index is 12.9. The van der Waals surface area contributed by atoms with E-state index in [-0.39, 0.29) is 11.5 Å². The first-order chi connectivity index (χ1) is 9.62. The van der Waals surface area contributed by atoms with E-state index in [0.717, 1.165) is 17.3 Å². The number of halogens is 1. The number of benzene rings is 1. The van der Waals surface area contributed by atoms with Gasteiger partial charge in [-0.25, -0.2) is 8.42 Å². The van der Waals surface area contributed by atoms with Gasteiger partial charge in [0.05, 0.1) is 10.1 Å². The second-order valence-electron chi connectivity index (χ2n) is 7.08. The first-order valence-electron chi connectivity index (χ1n) is 7.37. The highest BCUT2D eigenvalue weighted by atomic mass is 79.9. The molecule has 21 heavy (non-hydrogen) atoms. The summed E-state index contributed by atoms with van der Waals surface area (Å²) >= 11 is 3.34. The van der Waals surface area contributed by atoms with Gasteiger partial charge in [0.2, 0.25) is 0 Å². The normalized spacial score (nSPS) is 27.6. The molecule has 0 amide bonds. The highest BCUT2D eigenvalue weighted by Gasteiger charge is 2.41. The lowest BCUT2D eigenvalue weighted by atomic mass is 9.71. The van der Waals surface area contributed by atoms with E-state index in [1.807, 2.05) is 0 Å². The molecule has 3 unspecified atom stereocenters. The molecule has 1 saturated carbocycles. The average Bonchev–Trinajstić information content (AvgIpc) is 2.38. The molecular formula is C16H24BrNO2S. The Hall–Kier alpha value is -0.390. The van der Waals surface area contributed by atoms with Crippen LogP contribution in [0.2, 0.25) is 0 Å². The first kappa shape index (κ1) is 17.0. The fourth-order valence-electron chi connectivity index (χ4n) is 3.10. The summed E-state index contributed by atoms with van der Waals surface area (Å²) in [6, 6.07) is 6.59. The lowest BCUT2D eigenvalue weighted by Crippen LogP contribution is -2.47. The quantitative estimate of drug-likeness (QED) is 0.857. The Morgan fingerprint density at radius 3 is 2.24 bits per heavy atom. The molecule has 0 heterocycles. The Bertz CT molecular complexity index is 590. The summed E-state index contributed by atoms with van der Waals surface area (Å²) < 4.78 is 26.6. The third-order valence-electron chi connectivity index (χ3n) is 4.61. The Morgan fingerprint density at radius 2 is 1.71 bits per heavy atom. The van der Waals surface area contributed by atoms with Crippen molar-refractivity contribution < 1.29 is 8.42 Å². The number of rotatable bonds is 2. The SMILES string of the molecule is CC(C)(C)C1CCC(N)C(S(=O)(=O)c2ccc(Br)cc2)C1. The topological polar surface area (TPSA) is 60.2 Å². The molecule has 3 nitrogen and oxygen atoms in total. The summed E-state index contributed by atoms with van der Waals surface area (Å²) in [5, 5.41) is -0.475. The fourth-order valence-corrected chi connectivity index (χ4v) is 5.31.